The summed E-state index contributed by atoms with van der Waals surface area (Å²) in [7, 11) is 0. The number of carbonyl (C=O) groups excluding carboxylic acids is 2. The second-order valence-corrected chi connectivity index (χ2v) is 9.79. The fourth-order valence-electron chi connectivity index (χ4n) is 5.73. The SMILES string of the molecule is O=C(C[C@@H]1C[C@@H]2c3cc(NC(=O)C4CCOCC4)ccc3O[C@@H]2[C@@H](CO)O1)NC1CCCC1. The highest BCUT2D eigenvalue weighted by molar-refractivity contribution is 5.92. The fraction of sp³-hybridized carbons (Fsp3) is 0.680. The summed E-state index contributed by atoms with van der Waals surface area (Å²) in [4.78, 5) is 25.3. The number of rotatable bonds is 6. The van der Waals surface area contributed by atoms with Crippen LogP contribution in [-0.2, 0) is 19.1 Å². The normalized spacial score (nSPS) is 29.7. The van der Waals surface area contributed by atoms with Crippen molar-refractivity contribution < 1.29 is 28.9 Å². The minimum Gasteiger partial charge on any atom is -0.487 e. The van der Waals surface area contributed by atoms with E-state index in [2.05, 4.69) is 10.6 Å². The van der Waals surface area contributed by atoms with Gasteiger partial charge in [-0.05, 0) is 50.3 Å². The molecular weight excluding hydrogens is 424 g/mol. The predicted octanol–water partition coefficient (Wildman–Crippen LogP) is 2.50. The molecule has 0 unspecified atom stereocenters. The van der Waals surface area contributed by atoms with Gasteiger partial charge in [-0.25, -0.2) is 0 Å². The Labute approximate surface area is 194 Å². The highest BCUT2D eigenvalue weighted by atomic mass is 16.6. The number of amides is 2. The Morgan fingerprint density at radius 3 is 2.64 bits per heavy atom. The first-order chi connectivity index (χ1) is 16.1. The molecule has 33 heavy (non-hydrogen) atoms. The molecule has 0 aromatic heterocycles. The van der Waals surface area contributed by atoms with E-state index < -0.39 is 6.10 Å². The van der Waals surface area contributed by atoms with Crippen LogP contribution in [0.25, 0.3) is 0 Å². The van der Waals surface area contributed by atoms with E-state index in [4.69, 9.17) is 14.2 Å². The maximum atomic E-state index is 12.7. The molecule has 3 fully saturated rings. The van der Waals surface area contributed by atoms with E-state index in [1.807, 2.05) is 18.2 Å². The van der Waals surface area contributed by atoms with Crippen LogP contribution in [0.5, 0.6) is 5.75 Å². The van der Waals surface area contributed by atoms with Crippen molar-refractivity contribution in [3.63, 3.8) is 0 Å². The third kappa shape index (κ3) is 5.03. The number of hydrogen-bond donors (Lipinski definition) is 3. The summed E-state index contributed by atoms with van der Waals surface area (Å²) in [5.41, 5.74) is 1.75. The van der Waals surface area contributed by atoms with E-state index >= 15 is 0 Å². The van der Waals surface area contributed by atoms with Crippen molar-refractivity contribution in [3.8, 4) is 5.75 Å². The number of nitrogens with one attached hydrogen (secondary N) is 2. The molecule has 4 aliphatic rings. The standard InChI is InChI=1S/C25H34N2O6/c28-14-22-24-20(12-18(32-22)13-23(29)26-16-3-1-2-4-16)19-11-17(5-6-21(19)33-24)27-25(30)15-7-9-31-10-8-15/h5-6,11,15-16,18,20,22,24,28H,1-4,7-10,12-14H2,(H,26,29)(H,27,30)/t18-,20+,22+,24-/m0/s1. The lowest BCUT2D eigenvalue weighted by Crippen LogP contribution is -2.47. The van der Waals surface area contributed by atoms with Crippen LogP contribution in [0, 0.1) is 5.92 Å². The molecule has 1 saturated carbocycles. The third-order valence-electron chi connectivity index (χ3n) is 7.49. The van der Waals surface area contributed by atoms with Crippen LogP contribution in [0.15, 0.2) is 18.2 Å². The number of hydrogen-bond acceptors (Lipinski definition) is 6. The fourth-order valence-corrected chi connectivity index (χ4v) is 5.73. The summed E-state index contributed by atoms with van der Waals surface area (Å²) in [5.74, 6) is 0.775. The van der Waals surface area contributed by atoms with Gasteiger partial charge in [-0.3, -0.25) is 9.59 Å². The van der Waals surface area contributed by atoms with Crippen LogP contribution in [0.3, 0.4) is 0 Å². The maximum Gasteiger partial charge on any atom is 0.227 e. The lowest BCUT2D eigenvalue weighted by Gasteiger charge is -2.37. The van der Waals surface area contributed by atoms with Crippen LogP contribution in [-0.4, -0.2) is 61.1 Å². The maximum absolute atomic E-state index is 12.7. The topological polar surface area (TPSA) is 106 Å². The number of benzene rings is 1. The first-order valence-electron chi connectivity index (χ1n) is 12.4. The molecule has 2 amide bonds. The summed E-state index contributed by atoms with van der Waals surface area (Å²) in [5, 5.41) is 16.1. The van der Waals surface area contributed by atoms with Gasteiger partial charge < -0.3 is 30.0 Å². The van der Waals surface area contributed by atoms with Crippen LogP contribution in [0.2, 0.25) is 0 Å². The van der Waals surface area contributed by atoms with Gasteiger partial charge in [0.2, 0.25) is 11.8 Å². The van der Waals surface area contributed by atoms with Crippen LogP contribution in [0.1, 0.15) is 62.8 Å². The molecule has 2 saturated heterocycles. The summed E-state index contributed by atoms with van der Waals surface area (Å²) in [6, 6.07) is 5.99. The van der Waals surface area contributed by atoms with E-state index in [0.29, 0.717) is 19.6 Å². The highest BCUT2D eigenvalue weighted by Crippen LogP contribution is 2.47. The van der Waals surface area contributed by atoms with Gasteiger partial charge in [0.05, 0.1) is 19.1 Å². The zero-order valence-electron chi connectivity index (χ0n) is 19.0. The van der Waals surface area contributed by atoms with Crippen molar-refractivity contribution in [3.05, 3.63) is 23.8 Å². The molecular formula is C25H34N2O6. The number of carbonyl (C=O) groups is 2. The van der Waals surface area contributed by atoms with E-state index in [-0.39, 0.29) is 54.9 Å². The van der Waals surface area contributed by atoms with E-state index in [9.17, 15) is 14.7 Å². The zero-order chi connectivity index (χ0) is 22.8. The number of fused-ring (bicyclic) bond motifs is 3. The van der Waals surface area contributed by atoms with Crippen molar-refractivity contribution in [2.24, 2.45) is 5.92 Å². The van der Waals surface area contributed by atoms with Crippen molar-refractivity contribution in [2.45, 2.75) is 81.6 Å². The summed E-state index contributed by atoms with van der Waals surface area (Å²) >= 11 is 0. The molecule has 4 atom stereocenters. The quantitative estimate of drug-likeness (QED) is 0.605. The molecule has 3 heterocycles. The lowest BCUT2D eigenvalue weighted by molar-refractivity contribution is -0.142. The van der Waals surface area contributed by atoms with Crippen molar-refractivity contribution in [1.82, 2.24) is 5.32 Å². The molecule has 0 radical (unpaired) electrons. The Balaban J connectivity index is 1.26. The van der Waals surface area contributed by atoms with Gasteiger partial charge in [-0.1, -0.05) is 12.8 Å². The van der Waals surface area contributed by atoms with Gasteiger partial charge in [0.15, 0.2) is 0 Å². The highest BCUT2D eigenvalue weighted by Gasteiger charge is 2.46. The Kier molecular flexibility index (Phi) is 6.85. The first-order valence-corrected chi connectivity index (χ1v) is 12.4. The van der Waals surface area contributed by atoms with E-state index in [1.165, 1.54) is 12.8 Å². The van der Waals surface area contributed by atoms with Crippen molar-refractivity contribution >= 4 is 17.5 Å². The third-order valence-corrected chi connectivity index (χ3v) is 7.49. The van der Waals surface area contributed by atoms with E-state index in [1.54, 1.807) is 0 Å². The van der Waals surface area contributed by atoms with Gasteiger partial charge in [0, 0.05) is 42.3 Å². The Morgan fingerprint density at radius 1 is 1.09 bits per heavy atom. The second kappa shape index (κ2) is 9.99. The molecule has 0 spiro atoms. The minimum atomic E-state index is -0.485. The van der Waals surface area contributed by atoms with E-state index in [0.717, 1.165) is 42.7 Å². The molecule has 1 aromatic carbocycles. The molecule has 8 heteroatoms. The largest absolute Gasteiger partial charge is 0.487 e. The van der Waals surface area contributed by atoms with Crippen molar-refractivity contribution in [1.29, 1.82) is 0 Å². The smallest absolute Gasteiger partial charge is 0.227 e. The predicted molar refractivity (Wildman–Crippen MR) is 121 cm³/mol. The van der Waals surface area contributed by atoms with Gasteiger partial charge in [-0.2, -0.15) is 0 Å². The first kappa shape index (κ1) is 22.6. The average Bonchev–Trinajstić information content (AvgIpc) is 3.46. The van der Waals surface area contributed by atoms with Crippen molar-refractivity contribution in [2.75, 3.05) is 25.1 Å². The monoisotopic (exact) mass is 458 g/mol. The molecule has 5 rings (SSSR count). The Morgan fingerprint density at radius 2 is 1.88 bits per heavy atom. The summed E-state index contributed by atoms with van der Waals surface area (Å²) < 4.78 is 17.6. The van der Waals surface area contributed by atoms with Crippen LogP contribution >= 0.6 is 0 Å². The number of ether oxygens (including phenoxy) is 3. The molecule has 8 nitrogen and oxygen atoms in total. The molecule has 3 N–H and O–H groups in total. The molecule has 1 aliphatic carbocycles. The van der Waals surface area contributed by atoms with Crippen LogP contribution in [0.4, 0.5) is 5.69 Å². The number of aliphatic hydroxyl groups is 1. The molecule has 180 valence electrons. The number of aliphatic hydroxyl groups excluding tert-OH is 1. The van der Waals surface area contributed by atoms with Gasteiger partial charge in [-0.15, -0.1) is 0 Å². The minimum absolute atomic E-state index is 0.00936. The van der Waals surface area contributed by atoms with Gasteiger partial charge >= 0.3 is 0 Å². The van der Waals surface area contributed by atoms with Gasteiger partial charge in [0.1, 0.15) is 18.0 Å². The zero-order valence-corrected chi connectivity index (χ0v) is 19.0. The summed E-state index contributed by atoms with van der Waals surface area (Å²) in [6.45, 7) is 1.08. The average molecular weight is 459 g/mol. The molecule has 1 aromatic rings. The number of anilines is 1. The second-order valence-electron chi connectivity index (χ2n) is 9.79. The Hall–Kier alpha value is -2.16. The Bertz CT molecular complexity index is 864. The van der Waals surface area contributed by atoms with Gasteiger partial charge in [0.25, 0.3) is 0 Å². The van der Waals surface area contributed by atoms with Crippen LogP contribution < -0.4 is 15.4 Å². The molecule has 3 aliphatic heterocycles. The lowest BCUT2D eigenvalue weighted by atomic mass is 9.84. The molecule has 0 bridgehead atoms. The summed E-state index contributed by atoms with van der Waals surface area (Å²) in [6.07, 6.45) is 5.78.